The summed E-state index contributed by atoms with van der Waals surface area (Å²) < 4.78 is 13.6. The fraction of sp³-hybridized carbons (Fsp3) is 0.429. The lowest BCUT2D eigenvalue weighted by Crippen LogP contribution is -3.14. The van der Waals surface area contributed by atoms with Gasteiger partial charge in [-0.1, -0.05) is 18.2 Å². The second kappa shape index (κ2) is 4.24. The van der Waals surface area contributed by atoms with Crippen molar-refractivity contribution in [2.45, 2.75) is 18.9 Å². The van der Waals surface area contributed by atoms with E-state index in [0.717, 1.165) is 31.6 Å². The van der Waals surface area contributed by atoms with Gasteiger partial charge in [0.25, 0.3) is 0 Å². The molecule has 3 heteroatoms. The van der Waals surface area contributed by atoms with Gasteiger partial charge in [0.15, 0.2) is 0 Å². The normalized spacial score (nSPS) is 34.2. The maximum Gasteiger partial charge on any atom is 0.137 e. The summed E-state index contributed by atoms with van der Waals surface area (Å²) in [6, 6.07) is 6.74. The molecule has 17 heavy (non-hydrogen) atoms. The van der Waals surface area contributed by atoms with Crippen LogP contribution >= 0.6 is 0 Å². The lowest BCUT2D eigenvalue weighted by molar-refractivity contribution is -0.880. The van der Waals surface area contributed by atoms with Crippen molar-refractivity contribution in [3.05, 3.63) is 41.3 Å². The number of hydrogen-bond acceptors (Lipinski definition) is 1. The van der Waals surface area contributed by atoms with Crippen molar-refractivity contribution in [2.75, 3.05) is 13.1 Å². The molecule has 1 atom stereocenters. The molecule has 1 aromatic carbocycles. The first-order valence-corrected chi connectivity index (χ1v) is 6.25. The number of rotatable bonds is 1. The predicted octanol–water partition coefficient (Wildman–Crippen LogP) is 0.836. The van der Waals surface area contributed by atoms with Crippen molar-refractivity contribution in [3.8, 4) is 0 Å². The number of aliphatic hydroxyl groups excluding tert-OH is 1. The smallest absolute Gasteiger partial charge is 0.137 e. The third kappa shape index (κ3) is 1.90. The number of piperidine rings is 3. The number of nitrogens with one attached hydrogen (secondary N) is 1. The summed E-state index contributed by atoms with van der Waals surface area (Å²) in [6.07, 6.45) is 3.63. The van der Waals surface area contributed by atoms with Crippen molar-refractivity contribution < 1.29 is 14.4 Å². The summed E-state index contributed by atoms with van der Waals surface area (Å²) in [4.78, 5) is 1.32. The topological polar surface area (TPSA) is 24.7 Å². The fourth-order valence-corrected chi connectivity index (χ4v) is 3.00. The lowest BCUT2D eigenvalue weighted by Gasteiger charge is -2.41. The molecule has 0 aromatic heterocycles. The van der Waals surface area contributed by atoms with Gasteiger partial charge in [-0.05, 0) is 6.07 Å². The van der Waals surface area contributed by atoms with Crippen LogP contribution in [0.4, 0.5) is 4.39 Å². The molecule has 1 aromatic rings. The van der Waals surface area contributed by atoms with E-state index >= 15 is 0 Å². The molecule has 2 N–H and O–H groups in total. The molecule has 0 aliphatic carbocycles. The summed E-state index contributed by atoms with van der Waals surface area (Å²) >= 11 is 0. The van der Waals surface area contributed by atoms with E-state index in [1.54, 1.807) is 12.1 Å². The Kier molecular flexibility index (Phi) is 2.73. The first kappa shape index (κ1) is 10.9. The van der Waals surface area contributed by atoms with Gasteiger partial charge in [-0.25, -0.2) is 4.39 Å². The number of halogens is 1. The van der Waals surface area contributed by atoms with E-state index in [1.165, 1.54) is 11.0 Å². The van der Waals surface area contributed by atoms with E-state index in [4.69, 9.17) is 0 Å². The van der Waals surface area contributed by atoms with Gasteiger partial charge in [-0.2, -0.15) is 0 Å². The molecule has 0 saturated carbocycles. The number of fused-ring (bicyclic) bond motifs is 3. The molecule has 90 valence electrons. The summed E-state index contributed by atoms with van der Waals surface area (Å²) in [5.41, 5.74) is 1.55. The van der Waals surface area contributed by atoms with Gasteiger partial charge in [-0.15, -0.1) is 0 Å². The molecule has 0 unspecified atom stereocenters. The van der Waals surface area contributed by atoms with Crippen LogP contribution in [0.5, 0.6) is 0 Å². The van der Waals surface area contributed by atoms with E-state index in [2.05, 4.69) is 0 Å². The van der Waals surface area contributed by atoms with Crippen LogP contribution in [0.15, 0.2) is 30.0 Å². The Labute approximate surface area is 100 Å². The van der Waals surface area contributed by atoms with Crippen LogP contribution in [0.2, 0.25) is 0 Å². The molecule has 4 rings (SSSR count). The van der Waals surface area contributed by atoms with Crippen molar-refractivity contribution in [1.82, 2.24) is 0 Å². The van der Waals surface area contributed by atoms with Gasteiger partial charge in [0.2, 0.25) is 0 Å². The molecule has 2 bridgehead atoms. The van der Waals surface area contributed by atoms with Crippen molar-refractivity contribution in [2.24, 2.45) is 5.92 Å². The molecular weight excluding hydrogens is 217 g/mol. The van der Waals surface area contributed by atoms with E-state index in [0.29, 0.717) is 11.5 Å². The second-order valence-electron chi connectivity index (χ2n) is 5.01. The Morgan fingerprint density at radius 3 is 2.59 bits per heavy atom. The SMILES string of the molecule is O[C@H]1/C(=C/c2ccccc2F)[NH+]2CCC1CC2. The molecule has 3 aliphatic rings. The first-order chi connectivity index (χ1) is 8.25. The van der Waals surface area contributed by atoms with E-state index in [9.17, 15) is 9.50 Å². The van der Waals surface area contributed by atoms with Crippen LogP contribution in [0.1, 0.15) is 18.4 Å². The highest BCUT2D eigenvalue weighted by Gasteiger charge is 2.41. The Balaban J connectivity index is 1.96. The van der Waals surface area contributed by atoms with Crippen LogP contribution in [0, 0.1) is 11.7 Å². The number of quaternary nitrogens is 1. The number of benzene rings is 1. The van der Waals surface area contributed by atoms with Gasteiger partial charge in [0.1, 0.15) is 17.6 Å². The zero-order chi connectivity index (χ0) is 11.8. The van der Waals surface area contributed by atoms with Gasteiger partial charge in [0, 0.05) is 30.4 Å². The van der Waals surface area contributed by atoms with E-state index < -0.39 is 0 Å². The minimum Gasteiger partial charge on any atom is -0.383 e. The largest absolute Gasteiger partial charge is 0.383 e. The van der Waals surface area contributed by atoms with Gasteiger partial charge in [-0.3, -0.25) is 0 Å². The summed E-state index contributed by atoms with van der Waals surface area (Å²) in [5, 5.41) is 10.2. The molecule has 2 nitrogen and oxygen atoms in total. The molecule has 0 amide bonds. The van der Waals surface area contributed by atoms with E-state index in [-0.39, 0.29) is 11.9 Å². The van der Waals surface area contributed by atoms with Crippen LogP contribution in [0.3, 0.4) is 0 Å². The van der Waals surface area contributed by atoms with Crippen LogP contribution < -0.4 is 4.90 Å². The summed E-state index contributed by atoms with van der Waals surface area (Å²) in [7, 11) is 0. The Morgan fingerprint density at radius 2 is 1.94 bits per heavy atom. The Bertz CT molecular complexity index is 445. The Hall–Kier alpha value is -1.19. The number of aliphatic hydroxyl groups is 1. The minimum atomic E-state index is -0.382. The van der Waals surface area contributed by atoms with Gasteiger partial charge >= 0.3 is 0 Å². The monoisotopic (exact) mass is 234 g/mol. The molecule has 3 fully saturated rings. The molecule has 3 saturated heterocycles. The minimum absolute atomic E-state index is 0.214. The first-order valence-electron chi connectivity index (χ1n) is 6.25. The number of hydrogen-bond donors (Lipinski definition) is 2. The molecule has 0 spiro atoms. The highest BCUT2D eigenvalue weighted by molar-refractivity contribution is 5.52. The Morgan fingerprint density at radius 1 is 1.24 bits per heavy atom. The van der Waals surface area contributed by atoms with Crippen LogP contribution in [-0.2, 0) is 0 Å². The van der Waals surface area contributed by atoms with E-state index in [1.807, 2.05) is 12.1 Å². The second-order valence-corrected chi connectivity index (χ2v) is 5.01. The van der Waals surface area contributed by atoms with Crippen LogP contribution in [0.25, 0.3) is 6.08 Å². The van der Waals surface area contributed by atoms with Crippen molar-refractivity contribution in [3.63, 3.8) is 0 Å². The van der Waals surface area contributed by atoms with Crippen molar-refractivity contribution >= 4 is 6.08 Å². The highest BCUT2D eigenvalue weighted by Crippen LogP contribution is 2.25. The highest BCUT2D eigenvalue weighted by atomic mass is 19.1. The maximum absolute atomic E-state index is 13.6. The fourth-order valence-electron chi connectivity index (χ4n) is 3.00. The zero-order valence-corrected chi connectivity index (χ0v) is 9.70. The third-order valence-corrected chi connectivity index (χ3v) is 4.02. The zero-order valence-electron chi connectivity index (χ0n) is 9.70. The predicted molar refractivity (Wildman–Crippen MR) is 63.8 cm³/mol. The van der Waals surface area contributed by atoms with Gasteiger partial charge < -0.3 is 10.0 Å². The molecule has 3 aliphatic heterocycles. The third-order valence-electron chi connectivity index (χ3n) is 4.02. The standard InChI is InChI=1S/C14H16FNO/c15-12-4-2-1-3-11(12)9-13-14(17)10-5-7-16(13)8-6-10/h1-4,9-10,14,17H,5-8H2/p+1/b13-9-/t14-/m1/s1. The van der Waals surface area contributed by atoms with Gasteiger partial charge in [0.05, 0.1) is 13.1 Å². The van der Waals surface area contributed by atoms with Crippen molar-refractivity contribution in [1.29, 1.82) is 0 Å². The summed E-state index contributed by atoms with van der Waals surface area (Å²) in [6.45, 7) is 2.14. The molecule has 0 radical (unpaired) electrons. The quantitative estimate of drug-likeness (QED) is 0.739. The average Bonchev–Trinajstić information content (AvgIpc) is 2.36. The van der Waals surface area contributed by atoms with Crippen LogP contribution in [-0.4, -0.2) is 24.3 Å². The molecule has 3 heterocycles. The average molecular weight is 234 g/mol. The lowest BCUT2D eigenvalue weighted by atomic mass is 9.83. The molecular formula is C14H17FNO+. The summed E-state index contributed by atoms with van der Waals surface area (Å²) in [5.74, 6) is 0.166. The maximum atomic E-state index is 13.6.